The molecule has 0 radical (unpaired) electrons. The summed E-state index contributed by atoms with van der Waals surface area (Å²) in [4.78, 5) is 1.36. The second-order valence-electron chi connectivity index (χ2n) is 4.67. The van der Waals surface area contributed by atoms with Crippen molar-refractivity contribution in [2.45, 2.75) is 30.8 Å². The Morgan fingerprint density at radius 1 is 1.60 bits per heavy atom. The molecule has 0 bridgehead atoms. The Kier molecular flexibility index (Phi) is 5.61. The number of halogens is 1. The molecule has 0 saturated carbocycles. The van der Waals surface area contributed by atoms with E-state index < -0.39 is 10.0 Å². The van der Waals surface area contributed by atoms with Crippen LogP contribution in [0.1, 0.15) is 18.2 Å². The molecule has 0 aromatic carbocycles. The van der Waals surface area contributed by atoms with Gasteiger partial charge >= 0.3 is 0 Å². The molecule has 1 saturated heterocycles. The fourth-order valence-corrected chi connectivity index (χ4v) is 6.04. The molecule has 2 heterocycles. The molecule has 1 aliphatic rings. The Morgan fingerprint density at radius 3 is 2.95 bits per heavy atom. The van der Waals surface area contributed by atoms with Crippen molar-refractivity contribution in [3.8, 4) is 0 Å². The van der Waals surface area contributed by atoms with Crippen molar-refractivity contribution in [3.63, 3.8) is 0 Å². The highest BCUT2D eigenvalue weighted by Crippen LogP contribution is 2.34. The van der Waals surface area contributed by atoms with E-state index in [1.54, 1.807) is 13.1 Å². The van der Waals surface area contributed by atoms with Gasteiger partial charge in [-0.3, -0.25) is 0 Å². The van der Waals surface area contributed by atoms with Gasteiger partial charge < -0.3 is 10.1 Å². The Labute approximate surface area is 132 Å². The average molecular weight is 383 g/mol. The van der Waals surface area contributed by atoms with Crippen LogP contribution in [-0.2, 0) is 21.3 Å². The van der Waals surface area contributed by atoms with E-state index in [0.717, 1.165) is 17.8 Å². The third-order valence-corrected chi connectivity index (χ3v) is 7.49. The van der Waals surface area contributed by atoms with Gasteiger partial charge in [0, 0.05) is 25.1 Å². The predicted molar refractivity (Wildman–Crippen MR) is 83.6 cm³/mol. The van der Waals surface area contributed by atoms with E-state index in [0.29, 0.717) is 28.4 Å². The lowest BCUT2D eigenvalue weighted by Crippen LogP contribution is -2.37. The summed E-state index contributed by atoms with van der Waals surface area (Å²) in [5.41, 5.74) is 0. The highest BCUT2D eigenvalue weighted by Gasteiger charge is 2.32. The number of ether oxygens (including phenoxy) is 1. The molecular formula is C12H19BrN2O3S2. The Bertz CT molecular complexity index is 553. The van der Waals surface area contributed by atoms with Crippen molar-refractivity contribution in [3.05, 3.63) is 14.7 Å². The SMILES string of the molecule is CCNCc1cc(S(=O)(=O)N(C)C2CCOC2)c(Br)s1. The fraction of sp³-hybridized carbons (Fsp3) is 0.667. The van der Waals surface area contributed by atoms with E-state index in [1.165, 1.54) is 15.6 Å². The van der Waals surface area contributed by atoms with Crippen molar-refractivity contribution < 1.29 is 13.2 Å². The normalized spacial score (nSPS) is 19.9. The van der Waals surface area contributed by atoms with E-state index in [4.69, 9.17) is 4.74 Å². The molecule has 1 atom stereocenters. The number of sulfonamides is 1. The van der Waals surface area contributed by atoms with Crippen LogP contribution in [0.15, 0.2) is 14.7 Å². The van der Waals surface area contributed by atoms with Crippen LogP contribution in [0.5, 0.6) is 0 Å². The maximum atomic E-state index is 12.7. The number of thiophene rings is 1. The van der Waals surface area contributed by atoms with Crippen LogP contribution in [0.25, 0.3) is 0 Å². The lowest BCUT2D eigenvalue weighted by atomic mass is 10.3. The molecule has 8 heteroatoms. The molecule has 1 aromatic rings. The molecule has 1 aromatic heterocycles. The van der Waals surface area contributed by atoms with Crippen molar-refractivity contribution in [2.24, 2.45) is 0 Å². The van der Waals surface area contributed by atoms with E-state index in [1.807, 2.05) is 6.92 Å². The van der Waals surface area contributed by atoms with Crippen LogP contribution < -0.4 is 5.32 Å². The minimum atomic E-state index is -3.47. The lowest BCUT2D eigenvalue weighted by Gasteiger charge is -2.22. The summed E-state index contributed by atoms with van der Waals surface area (Å²) in [6, 6.07) is 1.68. The summed E-state index contributed by atoms with van der Waals surface area (Å²) in [5, 5.41) is 3.20. The van der Waals surface area contributed by atoms with Gasteiger partial charge in [0.05, 0.1) is 16.4 Å². The molecule has 1 aliphatic heterocycles. The first-order valence-electron chi connectivity index (χ1n) is 6.51. The zero-order valence-electron chi connectivity index (χ0n) is 11.6. The Morgan fingerprint density at radius 2 is 2.35 bits per heavy atom. The van der Waals surface area contributed by atoms with E-state index in [9.17, 15) is 8.42 Å². The first kappa shape index (κ1) is 16.4. The standard InChI is InChI=1S/C12H19BrN2O3S2/c1-3-14-7-10-6-11(12(13)19-10)20(16,17)15(2)9-4-5-18-8-9/h6,9,14H,3-5,7-8H2,1-2H3. The average Bonchev–Trinajstić information content (AvgIpc) is 3.04. The maximum absolute atomic E-state index is 12.7. The zero-order chi connectivity index (χ0) is 14.8. The number of nitrogens with zero attached hydrogens (tertiary/aromatic N) is 1. The molecule has 5 nitrogen and oxygen atoms in total. The summed E-state index contributed by atoms with van der Waals surface area (Å²) in [5.74, 6) is 0. The molecule has 0 spiro atoms. The van der Waals surface area contributed by atoms with E-state index in [2.05, 4.69) is 21.2 Å². The first-order valence-corrected chi connectivity index (χ1v) is 9.56. The van der Waals surface area contributed by atoms with Gasteiger partial charge in [-0.05, 0) is 35.0 Å². The van der Waals surface area contributed by atoms with Crippen molar-refractivity contribution in [1.29, 1.82) is 0 Å². The molecule has 0 aliphatic carbocycles. The topological polar surface area (TPSA) is 58.6 Å². The Balaban J connectivity index is 2.22. The molecule has 1 fully saturated rings. The summed E-state index contributed by atoms with van der Waals surface area (Å²) >= 11 is 4.83. The van der Waals surface area contributed by atoms with E-state index in [-0.39, 0.29) is 6.04 Å². The van der Waals surface area contributed by atoms with Gasteiger partial charge in [0.15, 0.2) is 0 Å². The minimum Gasteiger partial charge on any atom is -0.380 e. The van der Waals surface area contributed by atoms with Gasteiger partial charge in [-0.25, -0.2) is 8.42 Å². The zero-order valence-corrected chi connectivity index (χ0v) is 14.8. The maximum Gasteiger partial charge on any atom is 0.245 e. The summed E-state index contributed by atoms with van der Waals surface area (Å²) in [6.07, 6.45) is 0.752. The molecule has 0 amide bonds. The van der Waals surface area contributed by atoms with E-state index >= 15 is 0 Å². The van der Waals surface area contributed by atoms with Gasteiger partial charge in [0.25, 0.3) is 0 Å². The predicted octanol–water partition coefficient (Wildman–Crippen LogP) is 2.03. The Hall–Kier alpha value is 0.01000. The molecule has 114 valence electrons. The second-order valence-corrected chi connectivity index (χ2v) is 9.09. The van der Waals surface area contributed by atoms with Crippen LogP contribution in [0.3, 0.4) is 0 Å². The van der Waals surface area contributed by atoms with Crippen molar-refractivity contribution >= 4 is 37.3 Å². The van der Waals surface area contributed by atoms with Gasteiger partial charge in [0.2, 0.25) is 10.0 Å². The number of rotatable bonds is 6. The van der Waals surface area contributed by atoms with Gasteiger partial charge in [-0.2, -0.15) is 4.31 Å². The number of nitrogens with one attached hydrogen (secondary N) is 1. The van der Waals surface area contributed by atoms with Gasteiger partial charge in [-0.1, -0.05) is 6.92 Å². The van der Waals surface area contributed by atoms with Crippen molar-refractivity contribution in [2.75, 3.05) is 26.8 Å². The summed E-state index contributed by atoms with van der Waals surface area (Å²) in [7, 11) is -1.84. The minimum absolute atomic E-state index is 0.0657. The quantitative estimate of drug-likeness (QED) is 0.817. The monoisotopic (exact) mass is 382 g/mol. The third-order valence-electron chi connectivity index (χ3n) is 3.33. The molecule has 1 unspecified atom stereocenters. The van der Waals surface area contributed by atoms with Crippen LogP contribution >= 0.6 is 27.3 Å². The van der Waals surface area contributed by atoms with Gasteiger partial charge in [-0.15, -0.1) is 11.3 Å². The fourth-order valence-electron chi connectivity index (χ4n) is 2.07. The largest absolute Gasteiger partial charge is 0.380 e. The summed E-state index contributed by atoms with van der Waals surface area (Å²) < 4.78 is 32.7. The molecule has 20 heavy (non-hydrogen) atoms. The highest BCUT2D eigenvalue weighted by atomic mass is 79.9. The molecule has 1 N–H and O–H groups in total. The van der Waals surface area contributed by atoms with Crippen LogP contribution in [0.4, 0.5) is 0 Å². The number of likely N-dealkylation sites (N-methyl/N-ethyl adjacent to an activating group) is 1. The van der Waals surface area contributed by atoms with Crippen LogP contribution in [-0.4, -0.2) is 45.6 Å². The van der Waals surface area contributed by atoms with Crippen LogP contribution in [0.2, 0.25) is 0 Å². The lowest BCUT2D eigenvalue weighted by molar-refractivity contribution is 0.181. The number of hydrogen-bond acceptors (Lipinski definition) is 5. The second kappa shape index (κ2) is 6.85. The smallest absolute Gasteiger partial charge is 0.245 e. The number of hydrogen-bond donors (Lipinski definition) is 1. The molecular weight excluding hydrogens is 364 g/mol. The first-order chi connectivity index (χ1) is 9.46. The third kappa shape index (κ3) is 3.42. The summed E-state index contributed by atoms with van der Waals surface area (Å²) in [6.45, 7) is 4.67. The van der Waals surface area contributed by atoms with Crippen LogP contribution in [0, 0.1) is 0 Å². The van der Waals surface area contributed by atoms with Gasteiger partial charge in [0.1, 0.15) is 4.90 Å². The van der Waals surface area contributed by atoms with Crippen molar-refractivity contribution in [1.82, 2.24) is 9.62 Å². The molecule has 2 rings (SSSR count). The highest BCUT2D eigenvalue weighted by molar-refractivity contribution is 9.11.